The zero-order chi connectivity index (χ0) is 26.1. The summed E-state index contributed by atoms with van der Waals surface area (Å²) in [5, 5.41) is 4.32. The predicted molar refractivity (Wildman–Crippen MR) is 153 cm³/mol. The first kappa shape index (κ1) is 26.7. The highest BCUT2D eigenvalue weighted by Crippen LogP contribution is 2.26. The number of anilines is 1. The molecule has 0 aromatic heterocycles. The van der Waals surface area contributed by atoms with E-state index in [0.29, 0.717) is 0 Å². The van der Waals surface area contributed by atoms with Crippen molar-refractivity contribution in [3.63, 3.8) is 0 Å². The number of hydrogen-bond donors (Lipinski definition) is 1. The Morgan fingerprint density at radius 3 is 2.49 bits per heavy atom. The number of sulfone groups is 1. The maximum atomic E-state index is 13.2. The van der Waals surface area contributed by atoms with Gasteiger partial charge in [-0.15, -0.1) is 0 Å². The van der Waals surface area contributed by atoms with Crippen molar-refractivity contribution >= 4 is 50.6 Å². The van der Waals surface area contributed by atoms with Crippen molar-refractivity contribution in [2.45, 2.75) is 23.7 Å². The van der Waals surface area contributed by atoms with Crippen LogP contribution >= 0.6 is 11.8 Å². The van der Waals surface area contributed by atoms with E-state index in [1.807, 2.05) is 60.7 Å². The summed E-state index contributed by atoms with van der Waals surface area (Å²) in [5.41, 5.74) is 3.69. The first-order valence-corrected chi connectivity index (χ1v) is 14.7. The van der Waals surface area contributed by atoms with E-state index in [2.05, 4.69) is 16.4 Å². The Balaban J connectivity index is 1.44. The maximum absolute atomic E-state index is 13.2. The van der Waals surface area contributed by atoms with Crippen LogP contribution in [0.5, 0.6) is 0 Å². The van der Waals surface area contributed by atoms with Gasteiger partial charge < -0.3 is 10.1 Å². The van der Waals surface area contributed by atoms with Crippen molar-refractivity contribution in [1.29, 1.82) is 0 Å². The second-order valence-electron chi connectivity index (χ2n) is 8.71. The van der Waals surface area contributed by atoms with Crippen LogP contribution in [0.15, 0.2) is 88.8 Å². The van der Waals surface area contributed by atoms with Crippen molar-refractivity contribution in [2.24, 2.45) is 4.99 Å². The van der Waals surface area contributed by atoms with Crippen molar-refractivity contribution in [3.05, 3.63) is 95.6 Å². The van der Waals surface area contributed by atoms with Gasteiger partial charge in [-0.05, 0) is 47.4 Å². The Kier molecular flexibility index (Phi) is 9.19. The molecule has 6 nitrogen and oxygen atoms in total. The quantitative estimate of drug-likeness (QED) is 0.273. The lowest BCUT2D eigenvalue weighted by Crippen LogP contribution is -2.19. The van der Waals surface area contributed by atoms with E-state index < -0.39 is 21.7 Å². The zero-order valence-corrected chi connectivity index (χ0v) is 22.3. The van der Waals surface area contributed by atoms with Gasteiger partial charge in [0.2, 0.25) is 0 Å². The SMILES string of the molecule is COC(=O)CC(CS(=O)(=O)c1ccc(/C=C/c2cccc(NC3=NCCCS3)c2)cc1)c1ccccc1. The van der Waals surface area contributed by atoms with Gasteiger partial charge in [-0.3, -0.25) is 9.79 Å². The van der Waals surface area contributed by atoms with Crippen LogP contribution < -0.4 is 5.32 Å². The number of aliphatic imine (C=N–C) groups is 1. The number of nitrogens with one attached hydrogen (secondary N) is 1. The summed E-state index contributed by atoms with van der Waals surface area (Å²) in [6, 6.07) is 24.1. The average Bonchev–Trinajstić information content (AvgIpc) is 2.93. The highest BCUT2D eigenvalue weighted by Gasteiger charge is 2.25. The molecule has 1 atom stereocenters. The fourth-order valence-corrected chi connectivity index (χ4v) is 6.42. The lowest BCUT2D eigenvalue weighted by atomic mass is 9.98. The molecule has 0 fully saturated rings. The second-order valence-corrected chi connectivity index (χ2v) is 11.8. The third kappa shape index (κ3) is 7.81. The normalized spacial score (nSPS) is 14.7. The van der Waals surface area contributed by atoms with Crippen molar-refractivity contribution < 1.29 is 17.9 Å². The molecule has 8 heteroatoms. The first-order valence-electron chi connectivity index (χ1n) is 12.1. The van der Waals surface area contributed by atoms with Crippen LogP contribution in [0, 0.1) is 0 Å². The van der Waals surface area contributed by atoms with Gasteiger partial charge in [0, 0.05) is 23.9 Å². The van der Waals surface area contributed by atoms with Gasteiger partial charge in [-0.25, -0.2) is 8.42 Å². The molecule has 1 N–H and O–H groups in total. The van der Waals surface area contributed by atoms with E-state index in [-0.39, 0.29) is 17.1 Å². The minimum absolute atomic E-state index is 0.000516. The molecule has 1 unspecified atom stereocenters. The van der Waals surface area contributed by atoms with Crippen molar-refractivity contribution in [3.8, 4) is 0 Å². The third-order valence-electron chi connectivity index (χ3n) is 5.97. The molecule has 0 saturated heterocycles. The smallest absolute Gasteiger partial charge is 0.306 e. The monoisotopic (exact) mass is 534 g/mol. The number of methoxy groups -OCH3 is 1. The molecule has 0 amide bonds. The van der Waals surface area contributed by atoms with Gasteiger partial charge in [0.1, 0.15) is 0 Å². The first-order chi connectivity index (χ1) is 17.9. The van der Waals surface area contributed by atoms with Crippen LogP contribution in [-0.2, 0) is 19.4 Å². The molecule has 0 radical (unpaired) electrons. The molecular weight excluding hydrogens is 504 g/mol. The molecule has 3 aromatic rings. The molecule has 3 aromatic carbocycles. The van der Waals surface area contributed by atoms with Gasteiger partial charge in [0.25, 0.3) is 0 Å². The Morgan fingerprint density at radius 2 is 1.78 bits per heavy atom. The second kappa shape index (κ2) is 12.7. The van der Waals surface area contributed by atoms with Crippen LogP contribution in [0.25, 0.3) is 12.2 Å². The molecule has 0 spiro atoms. The topological polar surface area (TPSA) is 84.8 Å². The summed E-state index contributed by atoms with van der Waals surface area (Å²) in [5.74, 6) is -0.0219. The largest absolute Gasteiger partial charge is 0.469 e. The summed E-state index contributed by atoms with van der Waals surface area (Å²) < 4.78 is 31.2. The number of nitrogens with zero attached hydrogens (tertiary/aromatic N) is 1. The van der Waals surface area contributed by atoms with Crippen molar-refractivity contribution in [2.75, 3.05) is 30.5 Å². The van der Waals surface area contributed by atoms with Crippen molar-refractivity contribution in [1.82, 2.24) is 0 Å². The number of benzene rings is 3. The minimum atomic E-state index is -3.62. The fraction of sp³-hybridized carbons (Fsp3) is 0.241. The van der Waals surface area contributed by atoms with Gasteiger partial charge in [-0.2, -0.15) is 0 Å². The molecule has 0 saturated carbocycles. The molecule has 1 aliphatic heterocycles. The maximum Gasteiger partial charge on any atom is 0.306 e. The summed E-state index contributed by atoms with van der Waals surface area (Å²) in [4.78, 5) is 16.7. The van der Waals surface area contributed by atoms with E-state index in [9.17, 15) is 13.2 Å². The lowest BCUT2D eigenvalue weighted by molar-refractivity contribution is -0.140. The van der Waals surface area contributed by atoms with Gasteiger partial charge in [0.05, 0.1) is 24.2 Å². The highest BCUT2D eigenvalue weighted by atomic mass is 32.2. The zero-order valence-electron chi connectivity index (χ0n) is 20.7. The number of thioether (sulfide) groups is 1. The van der Waals surface area contributed by atoms with Crippen LogP contribution in [0.1, 0.15) is 35.4 Å². The van der Waals surface area contributed by atoms with E-state index >= 15 is 0 Å². The van der Waals surface area contributed by atoms with E-state index in [1.54, 1.807) is 36.0 Å². The van der Waals surface area contributed by atoms with Gasteiger partial charge in [-0.1, -0.05) is 78.5 Å². The highest BCUT2D eigenvalue weighted by molar-refractivity contribution is 8.14. The van der Waals surface area contributed by atoms with E-state index in [4.69, 9.17) is 4.74 Å². The number of rotatable bonds is 9. The van der Waals surface area contributed by atoms with Gasteiger partial charge >= 0.3 is 5.97 Å². The Labute approximate surface area is 222 Å². The van der Waals surface area contributed by atoms with Crippen LogP contribution in [0.3, 0.4) is 0 Å². The number of ether oxygens (including phenoxy) is 1. The molecule has 192 valence electrons. The predicted octanol–water partition coefficient (Wildman–Crippen LogP) is 5.88. The number of carbonyl (C=O) groups excluding carboxylic acids is 1. The summed E-state index contributed by atoms with van der Waals surface area (Å²) in [7, 11) is -2.31. The van der Waals surface area contributed by atoms with Crippen LogP contribution in [0.4, 0.5) is 5.69 Å². The fourth-order valence-electron chi connectivity index (χ4n) is 4.00. The molecule has 1 aliphatic rings. The lowest BCUT2D eigenvalue weighted by Gasteiger charge is -2.16. The van der Waals surface area contributed by atoms with E-state index in [1.165, 1.54) is 7.11 Å². The number of esters is 1. The Hall–Kier alpha value is -3.36. The molecule has 37 heavy (non-hydrogen) atoms. The Morgan fingerprint density at radius 1 is 1.03 bits per heavy atom. The number of carbonyl (C=O) groups is 1. The number of amidine groups is 1. The number of hydrogen-bond acceptors (Lipinski definition) is 7. The molecule has 1 heterocycles. The summed E-state index contributed by atoms with van der Waals surface area (Å²) >= 11 is 1.73. The molecule has 4 rings (SSSR count). The van der Waals surface area contributed by atoms with Crippen LogP contribution in [-0.4, -0.2) is 44.7 Å². The minimum Gasteiger partial charge on any atom is -0.469 e. The molecule has 0 aliphatic carbocycles. The standard InChI is InChI=1S/C29H30N2O4S2/c1-35-28(32)20-25(24-8-3-2-4-9-24)21-37(33,34)27-15-13-22(14-16-27)11-12-23-7-5-10-26(19-23)31-29-30-17-6-18-36-29/h2-5,7-16,19,25H,6,17-18,20-21H2,1H3,(H,30,31)/b12-11+. The summed E-state index contributed by atoms with van der Waals surface area (Å²) in [6.45, 7) is 0.860. The van der Waals surface area contributed by atoms with E-state index in [0.717, 1.165) is 46.3 Å². The third-order valence-corrected chi connectivity index (χ3v) is 8.80. The average molecular weight is 535 g/mol. The molecular formula is C29H30N2O4S2. The molecule has 0 bridgehead atoms. The van der Waals surface area contributed by atoms with Crippen LogP contribution in [0.2, 0.25) is 0 Å². The summed E-state index contributed by atoms with van der Waals surface area (Å²) in [6.07, 6.45) is 5.05. The van der Waals surface area contributed by atoms with Gasteiger partial charge in [0.15, 0.2) is 15.0 Å². The Bertz CT molecular complexity index is 1370.